The van der Waals surface area contributed by atoms with E-state index in [9.17, 15) is 8.42 Å². The molecule has 2 aromatic carbocycles. The molecule has 0 unspecified atom stereocenters. The van der Waals surface area contributed by atoms with Crippen LogP contribution in [0.2, 0.25) is 0 Å². The maximum Gasteiger partial charge on any atom is 0.285 e. The number of halogens is 1. The summed E-state index contributed by atoms with van der Waals surface area (Å²) in [5.74, 6) is 0.0959. The molecular weight excluding hydrogens is 366 g/mol. The zero-order valence-corrected chi connectivity index (χ0v) is 14.6. The molecule has 0 heterocycles. The summed E-state index contributed by atoms with van der Waals surface area (Å²) in [6.45, 7) is 3.65. The summed E-state index contributed by atoms with van der Waals surface area (Å²) < 4.78 is 35.1. The predicted octanol–water partition coefficient (Wildman–Crippen LogP) is 4.01. The smallest absolute Gasteiger partial charge is 0.285 e. The lowest BCUT2D eigenvalue weighted by atomic mass is 10.2. The first kappa shape index (κ1) is 16.7. The molecule has 0 aliphatic heterocycles. The lowest BCUT2D eigenvalue weighted by Crippen LogP contribution is -2.15. The van der Waals surface area contributed by atoms with Gasteiger partial charge < -0.3 is 4.74 Å². The Balaban J connectivity index is 2.46. The lowest BCUT2D eigenvalue weighted by molar-refractivity contribution is 0.230. The highest BCUT2D eigenvalue weighted by molar-refractivity contribution is 9.10. The van der Waals surface area contributed by atoms with Gasteiger partial charge in [0.2, 0.25) is 5.90 Å². The molecule has 4 nitrogen and oxygen atoms in total. The van der Waals surface area contributed by atoms with E-state index in [1.165, 1.54) is 12.1 Å². The van der Waals surface area contributed by atoms with Gasteiger partial charge >= 0.3 is 0 Å². The Morgan fingerprint density at radius 3 is 2.18 bits per heavy atom. The molecular formula is C16H16BrNO3S. The third-order valence-electron chi connectivity index (χ3n) is 2.68. The minimum atomic E-state index is -3.83. The Kier molecular flexibility index (Phi) is 5.37. The zero-order chi connectivity index (χ0) is 16.2. The van der Waals surface area contributed by atoms with Crippen molar-refractivity contribution >= 4 is 31.9 Å². The Morgan fingerprint density at radius 2 is 1.64 bits per heavy atom. The summed E-state index contributed by atoms with van der Waals surface area (Å²) in [4.78, 5) is 0.122. The predicted molar refractivity (Wildman–Crippen MR) is 90.5 cm³/mol. The molecule has 22 heavy (non-hydrogen) atoms. The van der Waals surface area contributed by atoms with Crippen LogP contribution in [0.4, 0.5) is 0 Å². The number of hydrogen-bond acceptors (Lipinski definition) is 3. The summed E-state index contributed by atoms with van der Waals surface area (Å²) in [5, 5.41) is 0. The van der Waals surface area contributed by atoms with Crippen molar-refractivity contribution in [1.82, 2.24) is 0 Å². The van der Waals surface area contributed by atoms with Gasteiger partial charge in [0, 0.05) is 10.0 Å². The van der Waals surface area contributed by atoms with Gasteiger partial charge in [-0.3, -0.25) is 0 Å². The fraction of sp³-hybridized carbons (Fsp3) is 0.188. The van der Waals surface area contributed by atoms with Gasteiger partial charge in [0.15, 0.2) is 0 Å². The fourth-order valence-corrected chi connectivity index (χ4v) is 2.93. The van der Waals surface area contributed by atoms with Crippen molar-refractivity contribution in [2.24, 2.45) is 4.40 Å². The molecule has 0 amide bonds. The Labute approximate surface area is 139 Å². The molecule has 0 radical (unpaired) electrons. The van der Waals surface area contributed by atoms with Crippen molar-refractivity contribution in [3.63, 3.8) is 0 Å². The van der Waals surface area contributed by atoms with Crippen molar-refractivity contribution in [3.05, 3.63) is 64.6 Å². The van der Waals surface area contributed by atoms with Crippen molar-refractivity contribution in [3.8, 4) is 0 Å². The third-order valence-corrected chi connectivity index (χ3v) is 4.49. The minimum Gasteiger partial charge on any atom is -0.474 e. The van der Waals surface area contributed by atoms with E-state index in [-0.39, 0.29) is 16.9 Å². The number of ether oxygens (including phenoxy) is 1. The topological polar surface area (TPSA) is 55.7 Å². The molecule has 0 aliphatic carbocycles. The average Bonchev–Trinajstić information content (AvgIpc) is 2.47. The molecule has 0 atom stereocenters. The van der Waals surface area contributed by atoms with Crippen LogP contribution in [-0.4, -0.2) is 20.4 Å². The molecule has 0 saturated heterocycles. The van der Waals surface area contributed by atoms with Crippen molar-refractivity contribution in [2.75, 3.05) is 0 Å². The number of nitrogens with zero attached hydrogens (tertiary/aromatic N) is 1. The lowest BCUT2D eigenvalue weighted by Gasteiger charge is -2.12. The maximum atomic E-state index is 12.4. The Bertz CT molecular complexity index is 754. The monoisotopic (exact) mass is 381 g/mol. The van der Waals surface area contributed by atoms with Crippen LogP contribution in [-0.2, 0) is 14.8 Å². The normalized spacial score (nSPS) is 12.5. The van der Waals surface area contributed by atoms with E-state index < -0.39 is 10.0 Å². The second-order valence-corrected chi connectivity index (χ2v) is 7.38. The van der Waals surface area contributed by atoms with Crippen molar-refractivity contribution < 1.29 is 13.2 Å². The van der Waals surface area contributed by atoms with Gasteiger partial charge in [-0.2, -0.15) is 8.42 Å². The number of benzene rings is 2. The third kappa shape index (κ3) is 4.42. The highest BCUT2D eigenvalue weighted by Gasteiger charge is 2.17. The van der Waals surface area contributed by atoms with Crippen LogP contribution in [0.15, 0.2) is 68.4 Å². The summed E-state index contributed by atoms with van der Waals surface area (Å²) >= 11 is 3.28. The molecule has 116 valence electrons. The molecule has 0 spiro atoms. The van der Waals surface area contributed by atoms with Crippen LogP contribution in [0, 0.1) is 0 Å². The summed E-state index contributed by atoms with van der Waals surface area (Å²) in [7, 11) is -3.83. The molecule has 2 rings (SSSR count). The second-order valence-electron chi connectivity index (χ2n) is 4.86. The first-order valence-electron chi connectivity index (χ1n) is 6.71. The second kappa shape index (κ2) is 7.07. The van der Waals surface area contributed by atoms with Crippen LogP contribution in [0.25, 0.3) is 0 Å². The SMILES string of the molecule is CC(C)OC(=NS(=O)(=O)c1ccc(Br)cc1)c1ccccc1. The maximum absolute atomic E-state index is 12.4. The number of sulfonamides is 1. The summed E-state index contributed by atoms with van der Waals surface area (Å²) in [6.07, 6.45) is -0.181. The van der Waals surface area contributed by atoms with Gasteiger partial charge in [-0.15, -0.1) is 4.40 Å². The zero-order valence-electron chi connectivity index (χ0n) is 12.2. The Morgan fingerprint density at radius 1 is 1.05 bits per heavy atom. The fourth-order valence-electron chi connectivity index (χ4n) is 1.71. The molecule has 0 aromatic heterocycles. The van der Waals surface area contributed by atoms with Crippen molar-refractivity contribution in [1.29, 1.82) is 0 Å². The van der Waals surface area contributed by atoms with Gasteiger partial charge in [0.25, 0.3) is 10.0 Å². The van der Waals surface area contributed by atoms with Crippen LogP contribution in [0.5, 0.6) is 0 Å². The van der Waals surface area contributed by atoms with E-state index in [0.717, 1.165) is 4.47 Å². The first-order chi connectivity index (χ1) is 10.4. The molecule has 0 aliphatic rings. The summed E-state index contributed by atoms with van der Waals surface area (Å²) in [6, 6.07) is 15.3. The van der Waals surface area contributed by atoms with Gasteiger partial charge in [0.05, 0.1) is 11.0 Å². The van der Waals surface area contributed by atoms with E-state index in [1.807, 2.05) is 19.9 Å². The van der Waals surface area contributed by atoms with Crippen LogP contribution in [0.3, 0.4) is 0 Å². The highest BCUT2D eigenvalue weighted by atomic mass is 79.9. The quantitative estimate of drug-likeness (QED) is 0.593. The van der Waals surface area contributed by atoms with Crippen LogP contribution in [0.1, 0.15) is 19.4 Å². The molecule has 0 saturated carbocycles. The molecule has 0 bridgehead atoms. The minimum absolute atomic E-state index is 0.0959. The van der Waals surface area contributed by atoms with E-state index >= 15 is 0 Å². The molecule has 0 fully saturated rings. The van der Waals surface area contributed by atoms with Crippen molar-refractivity contribution in [2.45, 2.75) is 24.8 Å². The van der Waals surface area contributed by atoms with Gasteiger partial charge in [-0.05, 0) is 50.2 Å². The average molecular weight is 382 g/mol. The van der Waals surface area contributed by atoms with E-state index in [0.29, 0.717) is 5.56 Å². The molecule has 2 aromatic rings. The molecule has 6 heteroatoms. The van der Waals surface area contributed by atoms with Gasteiger partial charge in [-0.25, -0.2) is 0 Å². The highest BCUT2D eigenvalue weighted by Crippen LogP contribution is 2.18. The van der Waals surface area contributed by atoms with Crippen LogP contribution >= 0.6 is 15.9 Å². The van der Waals surface area contributed by atoms with E-state index in [2.05, 4.69) is 20.3 Å². The van der Waals surface area contributed by atoms with E-state index in [1.54, 1.807) is 36.4 Å². The summed E-state index contributed by atoms with van der Waals surface area (Å²) in [5.41, 5.74) is 0.622. The van der Waals surface area contributed by atoms with Gasteiger partial charge in [0.1, 0.15) is 0 Å². The first-order valence-corrected chi connectivity index (χ1v) is 8.94. The Hall–Kier alpha value is -1.66. The van der Waals surface area contributed by atoms with Gasteiger partial charge in [-0.1, -0.05) is 34.1 Å². The molecule has 0 N–H and O–H groups in total. The van der Waals surface area contributed by atoms with Crippen LogP contribution < -0.4 is 0 Å². The standard InChI is InChI=1S/C16H16BrNO3S/c1-12(2)21-16(13-6-4-3-5-7-13)18-22(19,20)15-10-8-14(17)9-11-15/h3-12H,1-2H3. The number of rotatable bonds is 4. The largest absolute Gasteiger partial charge is 0.474 e. The van der Waals surface area contributed by atoms with E-state index in [4.69, 9.17) is 4.74 Å². The number of hydrogen-bond donors (Lipinski definition) is 0.